The maximum absolute atomic E-state index is 12.4. The average Bonchev–Trinajstić information content (AvgIpc) is 2.48. The molecule has 0 fully saturated rings. The van der Waals surface area contributed by atoms with Gasteiger partial charge in [0.15, 0.2) is 4.98 Å². The van der Waals surface area contributed by atoms with Crippen molar-refractivity contribution in [2.75, 3.05) is 4.72 Å². The first kappa shape index (κ1) is 15.5. The van der Waals surface area contributed by atoms with E-state index in [4.69, 9.17) is 5.39 Å². The predicted molar refractivity (Wildman–Crippen MR) is 84.1 cm³/mol. The number of hydrogen-bond donors (Lipinski definition) is 2. The molecule has 2 N–H and O–H groups in total. The topological polar surface area (TPSA) is 94.6 Å². The molecule has 0 saturated heterocycles. The average molecular weight is 316 g/mol. The Labute approximate surface area is 128 Å². The fraction of sp³-hybridized carbons (Fsp3) is 0.0667. The first-order valence-corrected chi connectivity index (χ1v) is 7.84. The SMILES string of the molecule is Cc1ccc(S(=O)(=O)Nc2ccccc2C(O)=C[N+]#N)cc1. The third kappa shape index (κ3) is 3.42. The number of aliphatic hydroxyl groups excluding tert-OH is 1. The van der Waals surface area contributed by atoms with E-state index in [0.717, 1.165) is 11.8 Å². The molecule has 0 amide bonds. The summed E-state index contributed by atoms with van der Waals surface area (Å²) in [6.45, 7) is 1.86. The second kappa shape index (κ2) is 6.28. The normalized spacial score (nSPS) is 11.7. The summed E-state index contributed by atoms with van der Waals surface area (Å²) in [5, 5.41) is 18.3. The third-order valence-electron chi connectivity index (χ3n) is 2.96. The van der Waals surface area contributed by atoms with Gasteiger partial charge in [0.05, 0.1) is 10.6 Å². The molecule has 2 aromatic rings. The monoisotopic (exact) mass is 316 g/mol. The number of diazo groups is 1. The Bertz CT molecular complexity index is 850. The third-order valence-corrected chi connectivity index (χ3v) is 4.34. The van der Waals surface area contributed by atoms with Crippen LogP contribution < -0.4 is 4.72 Å². The zero-order chi connectivity index (χ0) is 16.2. The van der Waals surface area contributed by atoms with E-state index in [1.165, 1.54) is 24.3 Å². The number of anilines is 1. The zero-order valence-electron chi connectivity index (χ0n) is 11.8. The number of aliphatic hydroxyl groups is 1. The quantitative estimate of drug-likeness (QED) is 0.666. The van der Waals surface area contributed by atoms with Crippen LogP contribution in [0.25, 0.3) is 10.7 Å². The Morgan fingerprint density at radius 2 is 1.82 bits per heavy atom. The van der Waals surface area contributed by atoms with E-state index in [-0.39, 0.29) is 21.9 Å². The Kier molecular flexibility index (Phi) is 4.44. The number of para-hydroxylation sites is 1. The summed E-state index contributed by atoms with van der Waals surface area (Å²) in [5.41, 5.74) is 1.33. The molecule has 6 nitrogen and oxygen atoms in total. The Balaban J connectivity index is 2.41. The van der Waals surface area contributed by atoms with Crippen LogP contribution in [-0.2, 0) is 10.0 Å². The van der Waals surface area contributed by atoms with Crippen molar-refractivity contribution in [3.05, 3.63) is 70.8 Å². The van der Waals surface area contributed by atoms with Gasteiger partial charge in [-0.1, -0.05) is 29.8 Å². The highest BCUT2D eigenvalue weighted by atomic mass is 32.2. The van der Waals surface area contributed by atoms with Crippen LogP contribution in [0.1, 0.15) is 11.1 Å². The van der Waals surface area contributed by atoms with E-state index in [1.54, 1.807) is 24.3 Å². The lowest BCUT2D eigenvalue weighted by Gasteiger charge is -2.11. The van der Waals surface area contributed by atoms with Crippen LogP contribution >= 0.6 is 0 Å². The maximum Gasteiger partial charge on any atom is 0.392 e. The van der Waals surface area contributed by atoms with Gasteiger partial charge in [-0.15, -0.1) is 0 Å². The lowest BCUT2D eigenvalue weighted by molar-refractivity contribution is 0.512. The van der Waals surface area contributed by atoms with Crippen LogP contribution in [-0.4, -0.2) is 13.5 Å². The van der Waals surface area contributed by atoms with E-state index in [2.05, 4.69) is 9.70 Å². The number of nitrogens with one attached hydrogen (secondary N) is 1. The summed E-state index contributed by atoms with van der Waals surface area (Å²) in [6, 6.07) is 12.6. The number of benzene rings is 2. The largest absolute Gasteiger partial charge is 0.501 e. The van der Waals surface area contributed by atoms with E-state index >= 15 is 0 Å². The van der Waals surface area contributed by atoms with Crippen LogP contribution in [0.5, 0.6) is 0 Å². The fourth-order valence-electron chi connectivity index (χ4n) is 1.84. The molecule has 2 aromatic carbocycles. The van der Waals surface area contributed by atoms with Gasteiger partial charge in [-0.2, -0.15) is 0 Å². The lowest BCUT2D eigenvalue weighted by Crippen LogP contribution is -2.14. The second-order valence-corrected chi connectivity index (χ2v) is 6.28. The molecule has 0 radical (unpaired) electrons. The van der Waals surface area contributed by atoms with Crippen molar-refractivity contribution in [2.24, 2.45) is 0 Å². The summed E-state index contributed by atoms with van der Waals surface area (Å²) in [7, 11) is -3.78. The fourth-order valence-corrected chi connectivity index (χ4v) is 2.92. The van der Waals surface area contributed by atoms with Gasteiger partial charge in [-0.25, -0.2) is 8.42 Å². The van der Waals surface area contributed by atoms with Gasteiger partial charge < -0.3 is 5.11 Å². The summed E-state index contributed by atoms with van der Waals surface area (Å²) in [4.78, 5) is 2.84. The lowest BCUT2D eigenvalue weighted by atomic mass is 10.1. The van der Waals surface area contributed by atoms with Crippen molar-refractivity contribution in [1.82, 2.24) is 0 Å². The molecule has 0 bridgehead atoms. The van der Waals surface area contributed by atoms with Crippen molar-refractivity contribution in [3.8, 4) is 0 Å². The van der Waals surface area contributed by atoms with Crippen molar-refractivity contribution < 1.29 is 13.5 Å². The highest BCUT2D eigenvalue weighted by molar-refractivity contribution is 7.92. The molecule has 2 rings (SSSR count). The molecule has 0 aromatic heterocycles. The van der Waals surface area contributed by atoms with Crippen molar-refractivity contribution in [3.63, 3.8) is 0 Å². The maximum atomic E-state index is 12.4. The molecule has 0 heterocycles. The summed E-state index contributed by atoms with van der Waals surface area (Å²) in [6.07, 6.45) is 0.818. The zero-order valence-corrected chi connectivity index (χ0v) is 12.6. The van der Waals surface area contributed by atoms with Crippen LogP contribution in [0.2, 0.25) is 0 Å². The summed E-state index contributed by atoms with van der Waals surface area (Å²) in [5.74, 6) is -0.357. The molecule has 112 valence electrons. The second-order valence-electron chi connectivity index (χ2n) is 4.59. The van der Waals surface area contributed by atoms with Crippen molar-refractivity contribution >= 4 is 21.5 Å². The van der Waals surface area contributed by atoms with Crippen LogP contribution in [0.3, 0.4) is 0 Å². The summed E-state index contributed by atoms with van der Waals surface area (Å²) >= 11 is 0. The minimum Gasteiger partial charge on any atom is -0.501 e. The minimum atomic E-state index is -3.78. The molecule has 0 aliphatic heterocycles. The van der Waals surface area contributed by atoms with E-state index < -0.39 is 10.0 Å². The number of rotatable bonds is 4. The van der Waals surface area contributed by atoms with Gasteiger partial charge >= 0.3 is 6.20 Å². The highest BCUT2D eigenvalue weighted by Gasteiger charge is 2.18. The number of nitrogens with zero attached hydrogens (tertiary/aromatic N) is 2. The number of hydrogen-bond acceptors (Lipinski definition) is 4. The molecule has 0 unspecified atom stereocenters. The highest BCUT2D eigenvalue weighted by Crippen LogP contribution is 2.25. The van der Waals surface area contributed by atoms with Gasteiger partial charge in [-0.05, 0) is 31.2 Å². The predicted octanol–water partition coefficient (Wildman–Crippen LogP) is 3.51. The standard InChI is InChI=1S/C15H13N3O3S/c1-11-6-8-12(9-7-11)22(20,21)18-14-5-3-2-4-13(14)15(19)10-17-16/h2-10,18H,1H3/p+1. The van der Waals surface area contributed by atoms with Gasteiger partial charge in [0.2, 0.25) is 11.2 Å². The van der Waals surface area contributed by atoms with Crippen LogP contribution in [0.15, 0.2) is 59.6 Å². The smallest absolute Gasteiger partial charge is 0.392 e. The van der Waals surface area contributed by atoms with E-state index in [0.29, 0.717) is 0 Å². The molecule has 0 spiro atoms. The van der Waals surface area contributed by atoms with Crippen LogP contribution in [0, 0.1) is 12.3 Å². The van der Waals surface area contributed by atoms with E-state index in [9.17, 15) is 13.5 Å². The summed E-state index contributed by atoms with van der Waals surface area (Å²) < 4.78 is 27.1. The Morgan fingerprint density at radius 3 is 2.45 bits per heavy atom. The van der Waals surface area contributed by atoms with Gasteiger partial charge in [0.25, 0.3) is 10.0 Å². The first-order chi connectivity index (χ1) is 10.4. The Morgan fingerprint density at radius 1 is 1.18 bits per heavy atom. The van der Waals surface area contributed by atoms with Gasteiger partial charge in [0.1, 0.15) is 0 Å². The molecular formula is C15H14N3O3S+. The molecule has 0 aliphatic carbocycles. The van der Waals surface area contributed by atoms with Gasteiger partial charge in [0, 0.05) is 5.56 Å². The van der Waals surface area contributed by atoms with E-state index in [1.807, 2.05) is 6.92 Å². The molecule has 7 heteroatoms. The number of aryl methyl sites for hydroxylation is 1. The van der Waals surface area contributed by atoms with Crippen molar-refractivity contribution in [2.45, 2.75) is 11.8 Å². The van der Waals surface area contributed by atoms with Gasteiger partial charge in [-0.3, -0.25) is 4.72 Å². The molecule has 0 atom stereocenters. The first-order valence-electron chi connectivity index (χ1n) is 6.36. The molecular weight excluding hydrogens is 302 g/mol. The number of sulfonamides is 1. The van der Waals surface area contributed by atoms with Crippen LogP contribution in [0.4, 0.5) is 5.69 Å². The molecule has 22 heavy (non-hydrogen) atoms. The molecule has 0 aliphatic rings. The Hall–Kier alpha value is -2.85. The minimum absolute atomic E-state index is 0.114. The van der Waals surface area contributed by atoms with Crippen molar-refractivity contribution in [1.29, 1.82) is 5.39 Å². The molecule has 0 saturated carbocycles.